The number of unbranched alkanes of at least 4 members (excludes halogenated alkanes) is 1. The number of thiol groups is 1. The normalized spacial score (nSPS) is 18.3. The topological polar surface area (TPSA) is 543 Å². The molecule has 0 unspecified atom stereocenters. The molecule has 0 spiro atoms. The molecule has 0 aliphatic carbocycles. The minimum absolute atomic E-state index is 0.0292. The number of aliphatic carboxylic acids is 2. The summed E-state index contributed by atoms with van der Waals surface area (Å²) in [6.45, 7) is 16.0. The lowest BCUT2D eigenvalue weighted by Crippen LogP contribution is -2.62. The van der Waals surface area contributed by atoms with Crippen molar-refractivity contribution in [1.29, 1.82) is 0 Å². The SMILES string of the molecule is CC[C@H](C)[C@H](NC(=O)[C@H](CCCCN)NC(=O)[C@H](CO)NC(=O)[C@H](CC(C)C)NC(=O)[C@@H](NC(=O)[C@H](CCCN=C(N)N)NC(=O)[C@H](CC(C)C)NC(=O)[C@H](CC(=O)O)NC(=O)[C@H](CS)NC(=O)[C@H](C)NC(=O)[C@@H]1CCCN1C(=O)[C@@H]1CCCN1C(=O)[C@H](C)N)C(C)C)C(=O)O. The van der Waals surface area contributed by atoms with Gasteiger partial charge in [-0.2, -0.15) is 12.6 Å². The molecule has 2 rings (SSSR count). The molecule has 2 saturated heterocycles. The zero-order valence-electron chi connectivity index (χ0n) is 56.9. The second-order valence-electron chi connectivity index (χ2n) is 25.7. The fourth-order valence-electron chi connectivity index (χ4n) is 10.8. The van der Waals surface area contributed by atoms with E-state index in [1.54, 1.807) is 55.4 Å². The van der Waals surface area contributed by atoms with Gasteiger partial charge in [0, 0.05) is 25.4 Å². The van der Waals surface area contributed by atoms with Gasteiger partial charge in [0.05, 0.1) is 19.1 Å². The van der Waals surface area contributed by atoms with Crippen LogP contribution in [0.25, 0.3) is 0 Å². The maximum atomic E-state index is 14.4. The molecular weight excluding hydrogens is 1270 g/mol. The molecule has 544 valence electrons. The third kappa shape index (κ3) is 27.7. The van der Waals surface area contributed by atoms with Crippen molar-refractivity contribution in [1.82, 2.24) is 63.0 Å². The number of guanidine groups is 1. The van der Waals surface area contributed by atoms with E-state index in [0.29, 0.717) is 45.1 Å². The van der Waals surface area contributed by atoms with Crippen LogP contribution in [0.1, 0.15) is 153 Å². The van der Waals surface area contributed by atoms with E-state index < -0.39 is 192 Å². The van der Waals surface area contributed by atoms with Crippen molar-refractivity contribution in [2.75, 3.05) is 38.5 Å². The van der Waals surface area contributed by atoms with Crippen LogP contribution in [-0.2, 0) is 67.1 Å². The maximum absolute atomic E-state index is 14.4. The standard InChI is InChI=1S/C61H107N17O17S/c1-11-33(8)47(60(94)95)76-50(84)36(17-12-13-21-62)69-54(88)41(28-79)73-52(86)39(26-31(4)5)72-57(91)46(32(6)7)75-49(83)37(18-14-22-66-61(64)65)68-51(85)38(25-30(2)3)70-53(87)40(27-45(80)81)71-55(89)42(29-96)74-48(82)35(10)67-56(90)43-19-15-23-77(43)59(93)44-20-16-24-78(44)58(92)34(9)63/h30-44,46-47,79,96H,11-29,62-63H2,1-10H3,(H,67,90)(H,68,85)(H,69,88)(H,70,87)(H,71,89)(H,72,91)(H,73,86)(H,74,82)(H,75,83)(H,76,84)(H,80,81)(H,94,95)(H4,64,65,66)/t33-,34-,35-,36-,37-,38-,39-,40-,41-,42-,43-,44-,46-,47-/m0/s1. The first-order valence-electron chi connectivity index (χ1n) is 32.9. The molecule has 0 aromatic carbocycles. The van der Waals surface area contributed by atoms with Gasteiger partial charge >= 0.3 is 11.9 Å². The molecule has 14 atom stereocenters. The number of hydrogen-bond acceptors (Lipinski definition) is 19. The number of carboxylic acid groups (broad SMARTS) is 2. The number of rotatable bonds is 42. The van der Waals surface area contributed by atoms with Gasteiger partial charge in [-0.15, -0.1) is 0 Å². The zero-order valence-corrected chi connectivity index (χ0v) is 57.8. The summed E-state index contributed by atoms with van der Waals surface area (Å²) >= 11 is 4.19. The highest BCUT2D eigenvalue weighted by Crippen LogP contribution is 2.26. The predicted molar refractivity (Wildman–Crippen MR) is 355 cm³/mol. The molecule has 0 radical (unpaired) electrons. The van der Waals surface area contributed by atoms with Crippen LogP contribution >= 0.6 is 12.6 Å². The van der Waals surface area contributed by atoms with Crippen molar-refractivity contribution in [3.8, 4) is 0 Å². The second-order valence-corrected chi connectivity index (χ2v) is 26.1. The number of amides is 12. The number of nitrogens with two attached hydrogens (primary N) is 4. The number of carbonyl (C=O) groups is 14. The Balaban J connectivity index is 2.35. The summed E-state index contributed by atoms with van der Waals surface area (Å²) in [4.78, 5) is 197. The van der Waals surface area contributed by atoms with E-state index in [-0.39, 0.29) is 76.0 Å². The zero-order chi connectivity index (χ0) is 72.8. The van der Waals surface area contributed by atoms with Crippen molar-refractivity contribution in [3.63, 3.8) is 0 Å². The Morgan fingerprint density at radius 2 is 0.990 bits per heavy atom. The number of nitrogens with zero attached hydrogens (tertiary/aromatic N) is 3. The molecule has 12 amide bonds. The van der Waals surface area contributed by atoms with Gasteiger partial charge in [-0.05, 0) is 115 Å². The molecule has 0 aromatic heterocycles. The van der Waals surface area contributed by atoms with Crippen LogP contribution in [-0.4, -0.2) is 231 Å². The lowest BCUT2D eigenvalue weighted by molar-refractivity contribution is -0.147. The largest absolute Gasteiger partial charge is 0.481 e. The van der Waals surface area contributed by atoms with Gasteiger partial charge in [-0.25, -0.2) is 4.79 Å². The summed E-state index contributed by atoms with van der Waals surface area (Å²) in [6.07, 6.45) is 1.63. The van der Waals surface area contributed by atoms with Gasteiger partial charge in [-0.3, -0.25) is 67.3 Å². The van der Waals surface area contributed by atoms with E-state index in [4.69, 9.17) is 22.9 Å². The van der Waals surface area contributed by atoms with Crippen LogP contribution in [0.5, 0.6) is 0 Å². The lowest BCUT2D eigenvalue weighted by atomic mass is 9.98. The number of hydrogen-bond donors (Lipinski definition) is 18. The van der Waals surface area contributed by atoms with E-state index in [1.807, 2.05) is 0 Å². The Kier molecular flexibility index (Phi) is 36.7. The van der Waals surface area contributed by atoms with Crippen LogP contribution in [0.3, 0.4) is 0 Å². The van der Waals surface area contributed by atoms with E-state index in [0.717, 1.165) is 0 Å². The van der Waals surface area contributed by atoms with E-state index in [1.165, 1.54) is 23.6 Å². The fraction of sp³-hybridized carbons (Fsp3) is 0.754. The van der Waals surface area contributed by atoms with Crippen molar-refractivity contribution in [2.24, 2.45) is 51.6 Å². The third-order valence-corrected chi connectivity index (χ3v) is 16.7. The molecule has 0 saturated carbocycles. The Labute approximate surface area is 566 Å². The summed E-state index contributed by atoms with van der Waals surface area (Å²) in [6, 6.07) is -17.4. The first kappa shape index (κ1) is 84.2. The summed E-state index contributed by atoms with van der Waals surface area (Å²) < 4.78 is 0. The molecule has 96 heavy (non-hydrogen) atoms. The van der Waals surface area contributed by atoms with Crippen molar-refractivity contribution >= 4 is 101 Å². The fourth-order valence-corrected chi connectivity index (χ4v) is 11.0. The maximum Gasteiger partial charge on any atom is 0.326 e. The number of carbonyl (C=O) groups excluding carboxylic acids is 12. The van der Waals surface area contributed by atoms with E-state index >= 15 is 0 Å². The Morgan fingerprint density at radius 3 is 1.47 bits per heavy atom. The quantitative estimate of drug-likeness (QED) is 0.0119. The average molecular weight is 1380 g/mol. The molecule has 2 fully saturated rings. The number of aliphatic hydroxyl groups is 1. The Bertz CT molecular complexity index is 2720. The highest BCUT2D eigenvalue weighted by Gasteiger charge is 2.44. The Morgan fingerprint density at radius 1 is 0.542 bits per heavy atom. The van der Waals surface area contributed by atoms with Crippen molar-refractivity contribution < 1.29 is 82.4 Å². The number of likely N-dealkylation sites (tertiary alicyclic amines) is 2. The van der Waals surface area contributed by atoms with Crippen LogP contribution in [0.15, 0.2) is 4.99 Å². The highest BCUT2D eigenvalue weighted by atomic mass is 32.1. The van der Waals surface area contributed by atoms with Gasteiger partial charge in [-0.1, -0.05) is 61.8 Å². The average Bonchev–Trinajstić information content (AvgIpc) is 1.63. The molecule has 2 heterocycles. The van der Waals surface area contributed by atoms with Gasteiger partial charge in [0.1, 0.15) is 72.5 Å². The number of carboxylic acids is 2. The summed E-state index contributed by atoms with van der Waals surface area (Å²) in [7, 11) is 0. The highest BCUT2D eigenvalue weighted by molar-refractivity contribution is 7.80. The Hall–Kier alpha value is -7.92. The number of aliphatic imine (C=N–C) groups is 1. The minimum atomic E-state index is -1.88. The molecule has 0 bridgehead atoms. The summed E-state index contributed by atoms with van der Waals surface area (Å²) in [5.74, 6) is -15.5. The first-order valence-corrected chi connectivity index (χ1v) is 33.5. The van der Waals surface area contributed by atoms with Gasteiger partial charge in [0.15, 0.2) is 5.96 Å². The lowest BCUT2D eigenvalue weighted by Gasteiger charge is -2.32. The van der Waals surface area contributed by atoms with Gasteiger partial charge in [0.2, 0.25) is 70.9 Å². The third-order valence-electron chi connectivity index (χ3n) is 16.3. The number of aliphatic hydroxyl groups excluding tert-OH is 1. The molecule has 34 nitrogen and oxygen atoms in total. The van der Waals surface area contributed by atoms with Crippen LogP contribution < -0.4 is 76.1 Å². The predicted octanol–water partition coefficient (Wildman–Crippen LogP) is -4.36. The first-order chi connectivity index (χ1) is 45.0. The van der Waals surface area contributed by atoms with Gasteiger partial charge in [0.25, 0.3) is 0 Å². The van der Waals surface area contributed by atoms with Crippen molar-refractivity contribution in [2.45, 2.75) is 231 Å². The molecule has 21 N–H and O–H groups in total. The van der Waals surface area contributed by atoms with Crippen LogP contribution in [0, 0.1) is 23.7 Å². The molecule has 2 aliphatic heterocycles. The summed E-state index contributed by atoms with van der Waals surface area (Å²) in [5.41, 5.74) is 22.6. The second kappa shape index (κ2) is 41.9. The molecule has 35 heteroatoms. The van der Waals surface area contributed by atoms with Gasteiger partial charge < -0.3 is 101 Å². The smallest absolute Gasteiger partial charge is 0.326 e. The van der Waals surface area contributed by atoms with Crippen molar-refractivity contribution in [3.05, 3.63) is 0 Å². The molecule has 2 aliphatic rings. The molecular formula is C61H107N17O17S. The molecule has 0 aromatic rings. The number of nitrogens with one attached hydrogen (secondary N) is 10. The van der Waals surface area contributed by atoms with E-state index in [9.17, 15) is 82.4 Å². The minimum Gasteiger partial charge on any atom is -0.481 e. The van der Waals surface area contributed by atoms with Crippen LogP contribution in [0.4, 0.5) is 0 Å². The van der Waals surface area contributed by atoms with E-state index in [2.05, 4.69) is 70.8 Å². The van der Waals surface area contributed by atoms with Crippen LogP contribution in [0.2, 0.25) is 0 Å². The summed E-state index contributed by atoms with van der Waals surface area (Å²) in [5, 5.41) is 55.1. The monoisotopic (exact) mass is 1380 g/mol.